The Bertz CT molecular complexity index is 674. The fraction of sp³-hybridized carbons (Fsp3) is 0.500. The standard InChI is InChI=1S/C14H18ClNO4S/c1-9-4-5-11(8-12(9)21(15,18)19)13(17)16-14(3)6-7-20-10(14)2/h4-5,8,10H,6-7H2,1-3H3,(H,16,17). The van der Waals surface area contributed by atoms with Crippen molar-refractivity contribution in [1.29, 1.82) is 0 Å². The van der Waals surface area contributed by atoms with Crippen LogP contribution in [0.15, 0.2) is 23.1 Å². The van der Waals surface area contributed by atoms with Crippen molar-refractivity contribution >= 4 is 25.6 Å². The minimum Gasteiger partial charge on any atom is -0.376 e. The number of aryl methyl sites for hydroxylation is 1. The minimum absolute atomic E-state index is 0.0438. The van der Waals surface area contributed by atoms with Gasteiger partial charge in [-0.15, -0.1) is 0 Å². The lowest BCUT2D eigenvalue weighted by Gasteiger charge is -2.29. The van der Waals surface area contributed by atoms with E-state index in [9.17, 15) is 13.2 Å². The van der Waals surface area contributed by atoms with Crippen LogP contribution in [0.2, 0.25) is 0 Å². The Morgan fingerprint density at radius 3 is 2.67 bits per heavy atom. The van der Waals surface area contributed by atoms with Gasteiger partial charge >= 0.3 is 0 Å². The van der Waals surface area contributed by atoms with E-state index in [1.54, 1.807) is 19.1 Å². The molecule has 7 heteroatoms. The van der Waals surface area contributed by atoms with E-state index in [1.165, 1.54) is 6.07 Å². The zero-order valence-electron chi connectivity index (χ0n) is 12.1. The van der Waals surface area contributed by atoms with Crippen molar-refractivity contribution in [3.63, 3.8) is 0 Å². The zero-order valence-corrected chi connectivity index (χ0v) is 13.7. The molecule has 0 bridgehead atoms. The van der Waals surface area contributed by atoms with E-state index in [4.69, 9.17) is 15.4 Å². The summed E-state index contributed by atoms with van der Waals surface area (Å²) in [6.45, 7) is 6.03. The molecule has 116 valence electrons. The summed E-state index contributed by atoms with van der Waals surface area (Å²) in [6.07, 6.45) is 0.620. The van der Waals surface area contributed by atoms with Gasteiger partial charge in [-0.05, 0) is 44.9 Å². The molecule has 1 heterocycles. The number of hydrogen-bond donors (Lipinski definition) is 1. The second-order valence-electron chi connectivity index (χ2n) is 5.55. The third kappa shape index (κ3) is 3.39. The molecule has 5 nitrogen and oxygen atoms in total. The number of nitrogens with one attached hydrogen (secondary N) is 1. The van der Waals surface area contributed by atoms with Crippen molar-refractivity contribution in [3.8, 4) is 0 Å². The van der Waals surface area contributed by atoms with Crippen LogP contribution in [0.25, 0.3) is 0 Å². The van der Waals surface area contributed by atoms with Crippen molar-refractivity contribution in [2.24, 2.45) is 0 Å². The maximum atomic E-state index is 12.3. The summed E-state index contributed by atoms with van der Waals surface area (Å²) in [5.41, 5.74) is 0.313. The molecular formula is C14H18ClNO4S. The van der Waals surface area contributed by atoms with Gasteiger partial charge < -0.3 is 10.1 Å². The molecule has 2 atom stereocenters. The maximum Gasteiger partial charge on any atom is 0.261 e. The summed E-state index contributed by atoms with van der Waals surface area (Å²) in [5, 5.41) is 2.92. The average molecular weight is 332 g/mol. The number of carbonyl (C=O) groups excluding carboxylic acids is 1. The van der Waals surface area contributed by atoms with Gasteiger partial charge in [0.05, 0.1) is 16.5 Å². The highest BCUT2D eigenvalue weighted by Crippen LogP contribution is 2.26. The van der Waals surface area contributed by atoms with Crippen molar-refractivity contribution in [2.45, 2.75) is 43.7 Å². The van der Waals surface area contributed by atoms with Crippen LogP contribution < -0.4 is 5.32 Å². The number of hydrogen-bond acceptors (Lipinski definition) is 4. The Balaban J connectivity index is 2.29. The van der Waals surface area contributed by atoms with Crippen LogP contribution in [0.1, 0.15) is 36.2 Å². The average Bonchev–Trinajstić information content (AvgIpc) is 2.68. The molecular weight excluding hydrogens is 314 g/mol. The van der Waals surface area contributed by atoms with Gasteiger partial charge in [0.25, 0.3) is 15.0 Å². The summed E-state index contributed by atoms with van der Waals surface area (Å²) >= 11 is 0. The summed E-state index contributed by atoms with van der Waals surface area (Å²) < 4.78 is 28.5. The molecule has 1 aromatic rings. The van der Waals surface area contributed by atoms with E-state index < -0.39 is 14.6 Å². The van der Waals surface area contributed by atoms with Crippen LogP contribution in [-0.4, -0.2) is 32.6 Å². The molecule has 1 fully saturated rings. The van der Waals surface area contributed by atoms with Crippen molar-refractivity contribution in [1.82, 2.24) is 5.32 Å². The normalized spacial score (nSPS) is 25.8. The minimum atomic E-state index is -3.88. The quantitative estimate of drug-likeness (QED) is 0.862. The lowest BCUT2D eigenvalue weighted by molar-refractivity contribution is 0.0727. The van der Waals surface area contributed by atoms with Crippen LogP contribution in [0.3, 0.4) is 0 Å². The number of ether oxygens (including phenoxy) is 1. The summed E-state index contributed by atoms with van der Waals surface area (Å²) in [6, 6.07) is 4.46. The smallest absolute Gasteiger partial charge is 0.261 e. The van der Waals surface area contributed by atoms with Crippen LogP contribution in [0, 0.1) is 6.92 Å². The molecule has 1 N–H and O–H groups in total. The fourth-order valence-electron chi connectivity index (χ4n) is 2.33. The van der Waals surface area contributed by atoms with Gasteiger partial charge in [0, 0.05) is 22.9 Å². The summed E-state index contributed by atoms with van der Waals surface area (Å²) in [7, 11) is 1.51. The van der Waals surface area contributed by atoms with Gasteiger partial charge in [-0.25, -0.2) is 8.42 Å². The van der Waals surface area contributed by atoms with Crippen LogP contribution >= 0.6 is 10.7 Å². The first-order valence-corrected chi connectivity index (χ1v) is 8.94. The predicted molar refractivity (Wildman–Crippen MR) is 80.1 cm³/mol. The second kappa shape index (κ2) is 5.59. The van der Waals surface area contributed by atoms with E-state index in [-0.39, 0.29) is 22.5 Å². The SMILES string of the molecule is Cc1ccc(C(=O)NC2(C)CCOC2C)cc1S(=O)(=O)Cl. The number of amides is 1. The Morgan fingerprint density at radius 1 is 1.48 bits per heavy atom. The Labute approximate surface area is 129 Å². The zero-order chi connectivity index (χ0) is 15.8. The van der Waals surface area contributed by atoms with Gasteiger partial charge in [0.2, 0.25) is 0 Å². The summed E-state index contributed by atoms with van der Waals surface area (Å²) in [4.78, 5) is 12.3. The van der Waals surface area contributed by atoms with Crippen LogP contribution in [0.4, 0.5) is 0 Å². The van der Waals surface area contributed by atoms with E-state index in [1.807, 2.05) is 13.8 Å². The second-order valence-corrected chi connectivity index (χ2v) is 8.09. The van der Waals surface area contributed by atoms with Gasteiger partial charge in [0.15, 0.2) is 0 Å². The molecule has 1 aliphatic rings. The monoisotopic (exact) mass is 331 g/mol. The maximum absolute atomic E-state index is 12.3. The summed E-state index contributed by atoms with van der Waals surface area (Å²) in [5.74, 6) is -0.337. The molecule has 0 saturated carbocycles. The van der Waals surface area contributed by atoms with Gasteiger partial charge in [-0.3, -0.25) is 4.79 Å². The molecule has 0 aliphatic carbocycles. The molecule has 2 unspecified atom stereocenters. The highest BCUT2D eigenvalue weighted by Gasteiger charge is 2.38. The highest BCUT2D eigenvalue weighted by molar-refractivity contribution is 8.13. The predicted octanol–water partition coefficient (Wildman–Crippen LogP) is 2.22. The van der Waals surface area contributed by atoms with Gasteiger partial charge in [-0.2, -0.15) is 0 Å². The van der Waals surface area contributed by atoms with Crippen molar-refractivity contribution < 1.29 is 17.9 Å². The lowest BCUT2D eigenvalue weighted by atomic mass is 9.94. The Morgan fingerprint density at radius 2 is 2.14 bits per heavy atom. The number of rotatable bonds is 3. The Kier molecular flexibility index (Phi) is 4.33. The lowest BCUT2D eigenvalue weighted by Crippen LogP contribution is -2.50. The van der Waals surface area contributed by atoms with Gasteiger partial charge in [-0.1, -0.05) is 6.07 Å². The first kappa shape index (κ1) is 16.3. The van der Waals surface area contributed by atoms with Crippen LogP contribution in [0.5, 0.6) is 0 Å². The van der Waals surface area contributed by atoms with E-state index >= 15 is 0 Å². The fourth-order valence-corrected chi connectivity index (χ4v) is 3.55. The molecule has 2 rings (SSSR count). The van der Waals surface area contributed by atoms with Gasteiger partial charge in [0.1, 0.15) is 0 Å². The molecule has 1 aromatic carbocycles. The Hall–Kier alpha value is -1.11. The topological polar surface area (TPSA) is 72.5 Å². The van der Waals surface area contributed by atoms with Crippen LogP contribution in [-0.2, 0) is 13.8 Å². The van der Waals surface area contributed by atoms with Crippen molar-refractivity contribution in [3.05, 3.63) is 29.3 Å². The largest absolute Gasteiger partial charge is 0.376 e. The molecule has 1 aliphatic heterocycles. The number of halogens is 1. The first-order valence-electron chi connectivity index (χ1n) is 6.63. The third-order valence-electron chi connectivity index (χ3n) is 4.00. The van der Waals surface area contributed by atoms with E-state index in [2.05, 4.69) is 5.32 Å². The molecule has 21 heavy (non-hydrogen) atoms. The first-order chi connectivity index (χ1) is 9.63. The highest BCUT2D eigenvalue weighted by atomic mass is 35.7. The molecule has 0 spiro atoms. The number of benzene rings is 1. The third-order valence-corrected chi connectivity index (χ3v) is 5.46. The molecule has 0 radical (unpaired) electrons. The molecule has 0 aromatic heterocycles. The number of carbonyl (C=O) groups is 1. The molecule has 1 amide bonds. The van der Waals surface area contributed by atoms with E-state index in [0.29, 0.717) is 18.6 Å². The van der Waals surface area contributed by atoms with E-state index in [0.717, 1.165) is 0 Å². The van der Waals surface area contributed by atoms with Crippen molar-refractivity contribution in [2.75, 3.05) is 6.61 Å². The molecule has 1 saturated heterocycles.